The number of rotatable bonds is 4. The first kappa shape index (κ1) is 11.4. The Hall–Kier alpha value is -1.72. The fraction of sp³-hybridized carbons (Fsp3) is 0.231. The second-order valence-corrected chi connectivity index (χ2v) is 4.85. The van der Waals surface area contributed by atoms with E-state index in [1.165, 1.54) is 0 Å². The van der Waals surface area contributed by atoms with Crippen LogP contribution < -0.4 is 19.9 Å². The summed E-state index contributed by atoms with van der Waals surface area (Å²) in [7, 11) is 0. The van der Waals surface area contributed by atoms with Crippen LogP contribution in [0.4, 0.5) is 0 Å². The van der Waals surface area contributed by atoms with Crippen molar-refractivity contribution in [3.8, 4) is 17.2 Å². The molecule has 0 saturated carbocycles. The molecule has 0 spiro atoms. The van der Waals surface area contributed by atoms with Crippen molar-refractivity contribution in [3.63, 3.8) is 0 Å². The van der Waals surface area contributed by atoms with Crippen LogP contribution in [0.1, 0.15) is 11.0 Å². The zero-order valence-electron chi connectivity index (χ0n) is 9.67. The Balaban J connectivity index is 1.79. The predicted octanol–water partition coefficient (Wildman–Crippen LogP) is 2.56. The Labute approximate surface area is 109 Å². The highest BCUT2D eigenvalue weighted by molar-refractivity contribution is 7.10. The van der Waals surface area contributed by atoms with Crippen molar-refractivity contribution < 1.29 is 14.2 Å². The van der Waals surface area contributed by atoms with Crippen molar-refractivity contribution in [2.45, 2.75) is 6.10 Å². The summed E-state index contributed by atoms with van der Waals surface area (Å²) in [5.74, 6) is 2.21. The molecule has 0 radical (unpaired) electrons. The first-order valence-electron chi connectivity index (χ1n) is 5.66. The standard InChI is InChI=1S/C13H13NO3S/c14-7-12(13-2-1-5-18-13)17-9-3-4-10-11(6-9)16-8-15-10/h1-6,12H,7-8,14H2. The number of hydrogen-bond donors (Lipinski definition) is 1. The van der Waals surface area contributed by atoms with Crippen molar-refractivity contribution in [2.75, 3.05) is 13.3 Å². The zero-order valence-corrected chi connectivity index (χ0v) is 10.5. The lowest BCUT2D eigenvalue weighted by atomic mass is 10.2. The number of fused-ring (bicyclic) bond motifs is 1. The Kier molecular flexibility index (Phi) is 3.08. The minimum absolute atomic E-state index is 0.120. The Morgan fingerprint density at radius 2 is 2.17 bits per heavy atom. The van der Waals surface area contributed by atoms with Gasteiger partial charge in [0.25, 0.3) is 0 Å². The molecule has 4 nitrogen and oxygen atoms in total. The van der Waals surface area contributed by atoms with Gasteiger partial charge in [-0.2, -0.15) is 0 Å². The topological polar surface area (TPSA) is 53.7 Å². The molecular formula is C13H13NO3S. The van der Waals surface area contributed by atoms with Gasteiger partial charge in [0, 0.05) is 17.5 Å². The lowest BCUT2D eigenvalue weighted by Gasteiger charge is -2.16. The fourth-order valence-corrected chi connectivity index (χ4v) is 2.58. The van der Waals surface area contributed by atoms with E-state index in [1.54, 1.807) is 11.3 Å². The summed E-state index contributed by atoms with van der Waals surface area (Å²) in [5, 5.41) is 2.01. The molecule has 1 aromatic carbocycles. The van der Waals surface area contributed by atoms with Crippen molar-refractivity contribution in [3.05, 3.63) is 40.6 Å². The molecule has 2 aromatic rings. The highest BCUT2D eigenvalue weighted by Gasteiger charge is 2.17. The van der Waals surface area contributed by atoms with Gasteiger partial charge >= 0.3 is 0 Å². The summed E-state index contributed by atoms with van der Waals surface area (Å²) in [5.41, 5.74) is 5.75. The fourth-order valence-electron chi connectivity index (χ4n) is 1.81. The molecule has 94 valence electrons. The molecular weight excluding hydrogens is 250 g/mol. The molecule has 1 aliphatic heterocycles. The summed E-state index contributed by atoms with van der Waals surface area (Å²) in [6.07, 6.45) is -0.120. The molecule has 0 saturated heterocycles. The number of thiophene rings is 1. The van der Waals surface area contributed by atoms with Crippen LogP contribution in [0.3, 0.4) is 0 Å². The van der Waals surface area contributed by atoms with E-state index in [1.807, 2.05) is 35.7 Å². The second-order valence-electron chi connectivity index (χ2n) is 3.87. The maximum atomic E-state index is 5.88. The summed E-state index contributed by atoms with van der Waals surface area (Å²) in [6.45, 7) is 0.707. The van der Waals surface area contributed by atoms with E-state index in [4.69, 9.17) is 19.9 Å². The molecule has 0 fully saturated rings. The van der Waals surface area contributed by atoms with Gasteiger partial charge < -0.3 is 19.9 Å². The lowest BCUT2D eigenvalue weighted by Crippen LogP contribution is -2.17. The van der Waals surface area contributed by atoms with Crippen LogP contribution in [-0.4, -0.2) is 13.3 Å². The maximum absolute atomic E-state index is 5.88. The normalized spacial score (nSPS) is 14.5. The molecule has 18 heavy (non-hydrogen) atoms. The first-order chi connectivity index (χ1) is 8.86. The second kappa shape index (κ2) is 4.88. The van der Waals surface area contributed by atoms with Gasteiger partial charge in [0.1, 0.15) is 11.9 Å². The SMILES string of the molecule is NCC(Oc1ccc2c(c1)OCO2)c1cccs1. The number of nitrogens with two attached hydrogens (primary N) is 1. The smallest absolute Gasteiger partial charge is 0.231 e. The summed E-state index contributed by atoms with van der Waals surface area (Å²) in [4.78, 5) is 1.12. The molecule has 1 atom stereocenters. The minimum Gasteiger partial charge on any atom is -0.483 e. The summed E-state index contributed by atoms with van der Waals surface area (Å²) < 4.78 is 16.5. The average molecular weight is 263 g/mol. The molecule has 0 bridgehead atoms. The number of benzene rings is 1. The van der Waals surface area contributed by atoms with Crippen LogP contribution in [0.2, 0.25) is 0 Å². The third kappa shape index (κ3) is 2.14. The highest BCUT2D eigenvalue weighted by Crippen LogP contribution is 2.36. The average Bonchev–Trinajstić information content (AvgIpc) is 3.06. The van der Waals surface area contributed by atoms with Crippen LogP contribution in [0, 0.1) is 0 Å². The summed E-state index contributed by atoms with van der Waals surface area (Å²) >= 11 is 1.64. The summed E-state index contributed by atoms with van der Waals surface area (Å²) in [6, 6.07) is 9.56. The highest BCUT2D eigenvalue weighted by atomic mass is 32.1. The van der Waals surface area contributed by atoms with Crippen LogP contribution in [0.25, 0.3) is 0 Å². The van der Waals surface area contributed by atoms with E-state index in [2.05, 4.69) is 0 Å². The van der Waals surface area contributed by atoms with Crippen molar-refractivity contribution in [2.24, 2.45) is 5.73 Å². The monoisotopic (exact) mass is 263 g/mol. The van der Waals surface area contributed by atoms with Crippen LogP contribution >= 0.6 is 11.3 Å². The Bertz CT molecular complexity index is 527. The van der Waals surface area contributed by atoms with E-state index in [0.717, 1.165) is 22.1 Å². The van der Waals surface area contributed by atoms with E-state index in [9.17, 15) is 0 Å². The molecule has 1 aromatic heterocycles. The van der Waals surface area contributed by atoms with Gasteiger partial charge in [-0.1, -0.05) is 6.07 Å². The van der Waals surface area contributed by atoms with Gasteiger partial charge in [-0.25, -0.2) is 0 Å². The largest absolute Gasteiger partial charge is 0.483 e. The van der Waals surface area contributed by atoms with E-state index < -0.39 is 0 Å². The Morgan fingerprint density at radius 1 is 1.28 bits per heavy atom. The molecule has 2 N–H and O–H groups in total. The maximum Gasteiger partial charge on any atom is 0.231 e. The van der Waals surface area contributed by atoms with Gasteiger partial charge in [0.2, 0.25) is 6.79 Å². The molecule has 3 rings (SSSR count). The van der Waals surface area contributed by atoms with E-state index >= 15 is 0 Å². The number of ether oxygens (including phenoxy) is 3. The molecule has 1 aliphatic rings. The molecule has 2 heterocycles. The van der Waals surface area contributed by atoms with Gasteiger partial charge in [0.05, 0.1) is 0 Å². The van der Waals surface area contributed by atoms with Gasteiger partial charge in [-0.05, 0) is 23.6 Å². The number of hydrogen-bond acceptors (Lipinski definition) is 5. The molecule has 5 heteroatoms. The van der Waals surface area contributed by atoms with Crippen molar-refractivity contribution in [1.82, 2.24) is 0 Å². The van der Waals surface area contributed by atoms with Crippen molar-refractivity contribution >= 4 is 11.3 Å². The predicted molar refractivity (Wildman–Crippen MR) is 69.3 cm³/mol. The van der Waals surface area contributed by atoms with Gasteiger partial charge in [-0.3, -0.25) is 0 Å². The third-order valence-electron chi connectivity index (χ3n) is 2.70. The van der Waals surface area contributed by atoms with Crippen molar-refractivity contribution in [1.29, 1.82) is 0 Å². The lowest BCUT2D eigenvalue weighted by molar-refractivity contribution is 0.173. The third-order valence-corrected chi connectivity index (χ3v) is 3.66. The van der Waals surface area contributed by atoms with Crippen LogP contribution in [0.15, 0.2) is 35.7 Å². The molecule has 0 aliphatic carbocycles. The van der Waals surface area contributed by atoms with Gasteiger partial charge in [-0.15, -0.1) is 11.3 Å². The van der Waals surface area contributed by atoms with Gasteiger partial charge in [0.15, 0.2) is 11.5 Å². The zero-order chi connectivity index (χ0) is 12.4. The molecule has 0 amide bonds. The minimum atomic E-state index is -0.120. The molecule has 1 unspecified atom stereocenters. The van der Waals surface area contributed by atoms with Crippen LogP contribution in [-0.2, 0) is 0 Å². The first-order valence-corrected chi connectivity index (χ1v) is 6.54. The van der Waals surface area contributed by atoms with Crippen LogP contribution in [0.5, 0.6) is 17.2 Å². The van der Waals surface area contributed by atoms with E-state index in [-0.39, 0.29) is 12.9 Å². The quantitative estimate of drug-likeness (QED) is 0.921. The Morgan fingerprint density at radius 3 is 2.94 bits per heavy atom. The van der Waals surface area contributed by atoms with E-state index in [0.29, 0.717) is 6.54 Å².